The fourth-order valence-corrected chi connectivity index (χ4v) is 0.861. The van der Waals surface area contributed by atoms with Crippen LogP contribution in [-0.4, -0.2) is 29.9 Å². The Hall–Kier alpha value is -1.09. The van der Waals surface area contributed by atoms with Crippen molar-refractivity contribution in [3.63, 3.8) is 0 Å². The molecule has 0 aliphatic heterocycles. The predicted octanol–water partition coefficient (Wildman–Crippen LogP) is 1.24. The van der Waals surface area contributed by atoms with Crippen LogP contribution >= 0.6 is 11.6 Å². The Labute approximate surface area is 76.0 Å². The SMILES string of the molecule is CN(C)C(=O)c1cc(Cl)[c]cn1. The summed E-state index contributed by atoms with van der Waals surface area (Å²) in [7, 11) is 3.32. The van der Waals surface area contributed by atoms with Crippen LogP contribution in [-0.2, 0) is 0 Å². The van der Waals surface area contributed by atoms with Gasteiger partial charge in [-0.25, -0.2) is 0 Å². The van der Waals surface area contributed by atoms with Crippen molar-refractivity contribution in [1.82, 2.24) is 9.88 Å². The molecule has 1 heterocycles. The van der Waals surface area contributed by atoms with E-state index in [1.54, 1.807) is 14.1 Å². The van der Waals surface area contributed by atoms with Crippen molar-refractivity contribution in [3.05, 3.63) is 29.0 Å². The lowest BCUT2D eigenvalue weighted by Crippen LogP contribution is -2.22. The maximum Gasteiger partial charge on any atom is 0.271 e. The van der Waals surface area contributed by atoms with Gasteiger partial charge in [0.2, 0.25) is 0 Å². The fourth-order valence-electron chi connectivity index (χ4n) is 0.709. The van der Waals surface area contributed by atoms with Crippen molar-refractivity contribution in [2.24, 2.45) is 0 Å². The molecular weight excluding hydrogens is 176 g/mol. The fraction of sp³-hybridized carbons (Fsp3) is 0.250. The van der Waals surface area contributed by atoms with E-state index in [1.165, 1.54) is 17.2 Å². The molecule has 1 radical (unpaired) electrons. The van der Waals surface area contributed by atoms with E-state index in [0.29, 0.717) is 10.7 Å². The number of rotatable bonds is 1. The van der Waals surface area contributed by atoms with E-state index >= 15 is 0 Å². The Morgan fingerprint density at radius 2 is 2.33 bits per heavy atom. The van der Waals surface area contributed by atoms with Gasteiger partial charge in [0.05, 0.1) is 5.02 Å². The average molecular weight is 184 g/mol. The lowest BCUT2D eigenvalue weighted by Gasteiger charge is -2.08. The summed E-state index contributed by atoms with van der Waals surface area (Å²) in [4.78, 5) is 16.6. The van der Waals surface area contributed by atoms with Gasteiger partial charge < -0.3 is 4.90 Å². The third-order valence-electron chi connectivity index (χ3n) is 1.29. The van der Waals surface area contributed by atoms with E-state index in [0.717, 1.165) is 0 Å². The van der Waals surface area contributed by atoms with Crippen LogP contribution in [0.15, 0.2) is 12.3 Å². The second kappa shape index (κ2) is 3.54. The molecule has 0 aromatic carbocycles. The third kappa shape index (κ3) is 1.95. The number of carbonyl (C=O) groups excluding carboxylic acids is 1. The highest BCUT2D eigenvalue weighted by Crippen LogP contribution is 2.07. The monoisotopic (exact) mass is 183 g/mol. The van der Waals surface area contributed by atoms with E-state index in [4.69, 9.17) is 11.6 Å². The van der Waals surface area contributed by atoms with Gasteiger partial charge >= 0.3 is 0 Å². The first kappa shape index (κ1) is 9.00. The van der Waals surface area contributed by atoms with Crippen LogP contribution in [0.4, 0.5) is 0 Å². The molecule has 0 saturated heterocycles. The number of amides is 1. The van der Waals surface area contributed by atoms with Crippen LogP contribution in [0.2, 0.25) is 5.02 Å². The summed E-state index contributed by atoms with van der Waals surface area (Å²) in [6.07, 6.45) is 1.39. The van der Waals surface area contributed by atoms with Gasteiger partial charge in [0.1, 0.15) is 5.69 Å². The summed E-state index contributed by atoms with van der Waals surface area (Å²) in [6, 6.07) is 4.14. The van der Waals surface area contributed by atoms with Crippen LogP contribution in [0.3, 0.4) is 0 Å². The maximum atomic E-state index is 11.3. The number of carbonyl (C=O) groups is 1. The van der Waals surface area contributed by atoms with Gasteiger partial charge in [-0.2, -0.15) is 0 Å². The Morgan fingerprint density at radius 1 is 1.67 bits per heavy atom. The molecule has 63 valence electrons. The van der Waals surface area contributed by atoms with E-state index < -0.39 is 0 Å². The zero-order valence-corrected chi connectivity index (χ0v) is 7.59. The van der Waals surface area contributed by atoms with E-state index in [-0.39, 0.29) is 5.91 Å². The minimum atomic E-state index is -0.161. The number of aromatic nitrogens is 1. The number of hydrogen-bond donors (Lipinski definition) is 0. The Kier molecular flexibility index (Phi) is 2.65. The van der Waals surface area contributed by atoms with Crippen molar-refractivity contribution < 1.29 is 4.79 Å². The summed E-state index contributed by atoms with van der Waals surface area (Å²) >= 11 is 5.63. The quantitative estimate of drug-likeness (QED) is 0.657. The Balaban J connectivity index is 2.96. The van der Waals surface area contributed by atoms with Crippen LogP contribution in [0.1, 0.15) is 10.5 Å². The Morgan fingerprint density at radius 3 is 2.83 bits per heavy atom. The van der Waals surface area contributed by atoms with Gasteiger partial charge in [-0.15, -0.1) is 0 Å². The summed E-state index contributed by atoms with van der Waals surface area (Å²) < 4.78 is 0. The molecule has 1 aromatic heterocycles. The van der Waals surface area contributed by atoms with Gasteiger partial charge in [0, 0.05) is 26.4 Å². The van der Waals surface area contributed by atoms with Gasteiger partial charge in [-0.1, -0.05) is 11.6 Å². The smallest absolute Gasteiger partial charge is 0.271 e. The second-order valence-corrected chi connectivity index (χ2v) is 2.89. The van der Waals surface area contributed by atoms with Gasteiger partial charge in [0.25, 0.3) is 5.91 Å². The molecule has 1 rings (SSSR count). The molecule has 0 aliphatic rings. The van der Waals surface area contributed by atoms with Crippen molar-refractivity contribution in [1.29, 1.82) is 0 Å². The average Bonchev–Trinajstić information content (AvgIpc) is 2.03. The number of halogens is 1. The number of pyridine rings is 1. The molecule has 0 N–H and O–H groups in total. The summed E-state index contributed by atoms with van der Waals surface area (Å²) in [5.41, 5.74) is 0.337. The molecular formula is C8H8ClN2O. The standard InChI is InChI=1S/C8H8ClN2O/c1-11(2)8(12)7-5-6(9)3-4-10-7/h4-5H,1-2H3. The lowest BCUT2D eigenvalue weighted by atomic mass is 10.3. The topological polar surface area (TPSA) is 33.2 Å². The highest BCUT2D eigenvalue weighted by molar-refractivity contribution is 6.30. The first-order chi connectivity index (χ1) is 5.61. The molecule has 0 atom stereocenters. The van der Waals surface area contributed by atoms with Gasteiger partial charge in [-0.05, 0) is 6.07 Å². The van der Waals surface area contributed by atoms with Crippen LogP contribution < -0.4 is 0 Å². The first-order valence-electron chi connectivity index (χ1n) is 3.36. The predicted molar refractivity (Wildman–Crippen MR) is 46.1 cm³/mol. The van der Waals surface area contributed by atoms with E-state index in [1.807, 2.05) is 0 Å². The first-order valence-corrected chi connectivity index (χ1v) is 3.74. The normalized spacial score (nSPS) is 9.58. The number of hydrogen-bond acceptors (Lipinski definition) is 2. The van der Waals surface area contributed by atoms with Gasteiger partial charge in [-0.3, -0.25) is 9.78 Å². The maximum absolute atomic E-state index is 11.3. The zero-order chi connectivity index (χ0) is 9.14. The van der Waals surface area contributed by atoms with Crippen LogP contribution in [0.25, 0.3) is 0 Å². The summed E-state index contributed by atoms with van der Waals surface area (Å²) in [5.74, 6) is -0.161. The van der Waals surface area contributed by atoms with Crippen molar-refractivity contribution in [3.8, 4) is 0 Å². The van der Waals surface area contributed by atoms with Crippen LogP contribution in [0, 0.1) is 6.07 Å². The second-order valence-electron chi connectivity index (χ2n) is 2.48. The Bertz CT molecular complexity index is 299. The molecule has 12 heavy (non-hydrogen) atoms. The summed E-state index contributed by atoms with van der Waals surface area (Å²) in [5, 5.41) is 0.398. The molecule has 4 heteroatoms. The molecule has 3 nitrogen and oxygen atoms in total. The van der Waals surface area contributed by atoms with Gasteiger partial charge in [0.15, 0.2) is 0 Å². The largest absolute Gasteiger partial charge is 0.343 e. The molecule has 0 saturated carbocycles. The van der Waals surface area contributed by atoms with Crippen molar-refractivity contribution >= 4 is 17.5 Å². The number of nitrogens with zero attached hydrogens (tertiary/aromatic N) is 2. The molecule has 0 spiro atoms. The summed E-state index contributed by atoms with van der Waals surface area (Å²) in [6.45, 7) is 0. The van der Waals surface area contributed by atoms with E-state index in [2.05, 4.69) is 11.1 Å². The third-order valence-corrected chi connectivity index (χ3v) is 1.51. The van der Waals surface area contributed by atoms with Crippen molar-refractivity contribution in [2.45, 2.75) is 0 Å². The zero-order valence-electron chi connectivity index (χ0n) is 6.84. The van der Waals surface area contributed by atoms with Crippen molar-refractivity contribution in [2.75, 3.05) is 14.1 Å². The molecule has 0 aliphatic carbocycles. The molecule has 0 unspecified atom stereocenters. The highest BCUT2D eigenvalue weighted by Gasteiger charge is 2.08. The molecule has 1 aromatic rings. The lowest BCUT2D eigenvalue weighted by molar-refractivity contribution is 0.0822. The molecule has 0 bridgehead atoms. The van der Waals surface area contributed by atoms with E-state index in [9.17, 15) is 4.79 Å². The highest BCUT2D eigenvalue weighted by atomic mass is 35.5. The minimum absolute atomic E-state index is 0.161. The molecule has 0 fully saturated rings. The van der Waals surface area contributed by atoms with Crippen LogP contribution in [0.5, 0.6) is 0 Å². The molecule has 1 amide bonds. The minimum Gasteiger partial charge on any atom is -0.343 e.